The molecule has 0 amide bonds. The number of unbranched alkanes of at least 4 members (excludes halogenated alkanes) is 1. The molecule has 0 fully saturated rings. The zero-order valence-electron chi connectivity index (χ0n) is 17.1. The van der Waals surface area contributed by atoms with Gasteiger partial charge in [-0.25, -0.2) is 0 Å². The summed E-state index contributed by atoms with van der Waals surface area (Å²) in [6.45, 7) is 2.08. The van der Waals surface area contributed by atoms with Crippen molar-refractivity contribution in [1.82, 2.24) is 0 Å². The van der Waals surface area contributed by atoms with E-state index in [0.29, 0.717) is 0 Å². The molecule has 149 valence electrons. The summed E-state index contributed by atoms with van der Waals surface area (Å²) in [5.74, 6) is -0.165. The van der Waals surface area contributed by atoms with Gasteiger partial charge in [0.1, 0.15) is 0 Å². The molecule has 0 aromatic heterocycles. The highest BCUT2D eigenvalue weighted by molar-refractivity contribution is 6.73. The van der Waals surface area contributed by atoms with E-state index in [1.807, 2.05) is 18.2 Å². The number of carbonyl (C=O) groups is 1. The normalized spacial score (nSPS) is 11.2. The average molecular weight is 402 g/mol. The lowest BCUT2D eigenvalue weighted by molar-refractivity contribution is -0.131. The van der Waals surface area contributed by atoms with E-state index in [0.717, 1.165) is 31.0 Å². The maximum absolute atomic E-state index is 12.7. The highest BCUT2D eigenvalue weighted by Crippen LogP contribution is 2.25. The molecule has 0 heterocycles. The summed E-state index contributed by atoms with van der Waals surface area (Å²) >= 11 is 0. The molecule has 0 atom stereocenters. The largest absolute Gasteiger partial charge is 0.518 e. The Morgan fingerprint density at radius 1 is 0.724 bits per heavy atom. The zero-order valence-corrected chi connectivity index (χ0v) is 18.1. The van der Waals surface area contributed by atoms with Crippen molar-refractivity contribution >= 4 is 14.3 Å². The molecule has 3 rings (SSSR count). The van der Waals surface area contributed by atoms with E-state index in [1.165, 1.54) is 16.7 Å². The minimum Gasteiger partial charge on any atom is -0.518 e. The Labute approximate surface area is 175 Å². The maximum Gasteiger partial charge on any atom is 0.296 e. The Hall–Kier alpha value is -2.65. The molecule has 29 heavy (non-hydrogen) atoms. The van der Waals surface area contributed by atoms with Crippen LogP contribution in [0.4, 0.5) is 0 Å². The summed E-state index contributed by atoms with van der Waals surface area (Å²) in [5.41, 5.74) is 3.69. The molecular formula is C26H29O2Si. The first-order valence-electron chi connectivity index (χ1n) is 10.4. The number of hydrogen-bond donors (Lipinski definition) is 0. The zero-order chi connectivity index (χ0) is 20.4. The van der Waals surface area contributed by atoms with Gasteiger partial charge < -0.3 is 4.43 Å². The van der Waals surface area contributed by atoms with Crippen molar-refractivity contribution < 1.29 is 9.22 Å². The maximum atomic E-state index is 12.7. The average Bonchev–Trinajstić information content (AvgIpc) is 2.74. The fraction of sp³-hybridized carbons (Fsp3) is 0.231. The summed E-state index contributed by atoms with van der Waals surface area (Å²) in [6, 6.07) is 33.7. The van der Waals surface area contributed by atoms with Gasteiger partial charge in [-0.2, -0.15) is 0 Å². The van der Waals surface area contributed by atoms with Crippen LogP contribution in [0.1, 0.15) is 36.5 Å². The SMILES string of the molecule is CCC[CH]C(=O)O[Si](Cc1ccccc1)(Cc1ccccc1)Cc1ccccc1. The molecule has 0 aliphatic carbocycles. The van der Waals surface area contributed by atoms with Crippen LogP contribution in [0.5, 0.6) is 0 Å². The molecule has 1 radical (unpaired) electrons. The Morgan fingerprint density at radius 3 is 1.45 bits per heavy atom. The van der Waals surface area contributed by atoms with E-state index in [4.69, 9.17) is 4.43 Å². The van der Waals surface area contributed by atoms with E-state index in [1.54, 1.807) is 6.42 Å². The lowest BCUT2D eigenvalue weighted by Crippen LogP contribution is -2.49. The summed E-state index contributed by atoms with van der Waals surface area (Å²) in [5, 5.41) is 0. The van der Waals surface area contributed by atoms with E-state index in [-0.39, 0.29) is 5.97 Å². The van der Waals surface area contributed by atoms with Crippen LogP contribution < -0.4 is 0 Å². The van der Waals surface area contributed by atoms with Crippen LogP contribution >= 0.6 is 0 Å². The molecule has 0 aliphatic heterocycles. The predicted molar refractivity (Wildman–Crippen MR) is 121 cm³/mol. The van der Waals surface area contributed by atoms with Crippen LogP contribution in [-0.2, 0) is 27.4 Å². The molecule has 0 bridgehead atoms. The van der Waals surface area contributed by atoms with Gasteiger partial charge in [-0.3, -0.25) is 4.79 Å². The molecule has 0 spiro atoms. The van der Waals surface area contributed by atoms with Gasteiger partial charge in [0.25, 0.3) is 14.3 Å². The van der Waals surface area contributed by atoms with Gasteiger partial charge in [0.2, 0.25) is 0 Å². The van der Waals surface area contributed by atoms with E-state index < -0.39 is 8.32 Å². The van der Waals surface area contributed by atoms with Crippen LogP contribution in [-0.4, -0.2) is 14.3 Å². The van der Waals surface area contributed by atoms with Gasteiger partial charge in [0.15, 0.2) is 0 Å². The summed E-state index contributed by atoms with van der Waals surface area (Å²) in [7, 11) is -2.51. The molecule has 0 saturated heterocycles. The highest BCUT2D eigenvalue weighted by Gasteiger charge is 2.39. The molecular weight excluding hydrogens is 372 g/mol. The molecule has 3 aromatic rings. The third-order valence-electron chi connectivity index (χ3n) is 5.02. The smallest absolute Gasteiger partial charge is 0.296 e. The number of carbonyl (C=O) groups excluding carboxylic acids is 1. The van der Waals surface area contributed by atoms with Crippen LogP contribution in [0.3, 0.4) is 0 Å². The topological polar surface area (TPSA) is 26.3 Å². The van der Waals surface area contributed by atoms with Crippen molar-refractivity contribution in [3.63, 3.8) is 0 Å². The minimum atomic E-state index is -2.51. The van der Waals surface area contributed by atoms with Gasteiger partial charge in [-0.1, -0.05) is 104 Å². The number of rotatable bonds is 10. The molecule has 0 aliphatic rings. The predicted octanol–water partition coefficient (Wildman–Crippen LogP) is 5.83. The molecule has 3 heteroatoms. The van der Waals surface area contributed by atoms with Crippen molar-refractivity contribution in [2.24, 2.45) is 0 Å². The standard InChI is InChI=1S/C26H29O2Si/c1-2-3-19-26(27)28-29(20-23-13-7-4-8-14-23,21-24-15-9-5-10-16-24)22-25-17-11-6-12-18-25/h4-19H,2-3,20-22H2,1H3. The Balaban J connectivity index is 1.96. The van der Waals surface area contributed by atoms with Crippen molar-refractivity contribution in [3.05, 3.63) is 114 Å². The van der Waals surface area contributed by atoms with Crippen LogP contribution in [0.15, 0.2) is 91.0 Å². The van der Waals surface area contributed by atoms with Gasteiger partial charge in [0.05, 0.1) is 6.42 Å². The lowest BCUT2D eigenvalue weighted by Gasteiger charge is -2.32. The van der Waals surface area contributed by atoms with E-state index in [9.17, 15) is 4.79 Å². The minimum absolute atomic E-state index is 0.165. The van der Waals surface area contributed by atoms with E-state index >= 15 is 0 Å². The monoisotopic (exact) mass is 401 g/mol. The number of benzene rings is 3. The van der Waals surface area contributed by atoms with Crippen molar-refractivity contribution in [3.8, 4) is 0 Å². The van der Waals surface area contributed by atoms with Crippen molar-refractivity contribution in [2.75, 3.05) is 0 Å². The van der Waals surface area contributed by atoms with Crippen LogP contribution in [0.25, 0.3) is 0 Å². The first-order valence-corrected chi connectivity index (χ1v) is 12.9. The Morgan fingerprint density at radius 2 is 1.10 bits per heavy atom. The molecule has 0 unspecified atom stereocenters. The summed E-state index contributed by atoms with van der Waals surface area (Å²) < 4.78 is 6.40. The fourth-order valence-corrected chi connectivity index (χ4v) is 7.76. The second-order valence-electron chi connectivity index (χ2n) is 7.58. The third-order valence-corrected chi connectivity index (χ3v) is 8.82. The highest BCUT2D eigenvalue weighted by atomic mass is 28.4. The van der Waals surface area contributed by atoms with E-state index in [2.05, 4.69) is 79.7 Å². The first-order chi connectivity index (χ1) is 14.2. The molecule has 0 saturated carbocycles. The summed E-state index contributed by atoms with van der Waals surface area (Å²) in [4.78, 5) is 12.7. The molecule has 0 N–H and O–H groups in total. The third kappa shape index (κ3) is 6.72. The molecule has 3 aromatic carbocycles. The first kappa shape index (κ1) is 21.1. The lowest BCUT2D eigenvalue weighted by atomic mass is 10.2. The van der Waals surface area contributed by atoms with Crippen molar-refractivity contribution in [2.45, 2.75) is 37.9 Å². The quantitative estimate of drug-likeness (QED) is 0.400. The number of hydrogen-bond acceptors (Lipinski definition) is 2. The van der Waals surface area contributed by atoms with Gasteiger partial charge in [-0.05, 0) is 23.1 Å². The van der Waals surface area contributed by atoms with Gasteiger partial charge >= 0.3 is 0 Å². The second-order valence-corrected chi connectivity index (χ2v) is 11.2. The van der Waals surface area contributed by atoms with Gasteiger partial charge in [-0.15, -0.1) is 0 Å². The fourth-order valence-electron chi connectivity index (χ4n) is 3.72. The Bertz CT molecular complexity index is 762. The Kier molecular flexibility index (Phi) is 7.82. The van der Waals surface area contributed by atoms with Crippen LogP contribution in [0.2, 0.25) is 0 Å². The summed E-state index contributed by atoms with van der Waals surface area (Å²) in [6.07, 6.45) is 3.41. The second kappa shape index (κ2) is 10.8. The van der Waals surface area contributed by atoms with Gasteiger partial charge in [0, 0.05) is 18.1 Å². The molecule has 2 nitrogen and oxygen atoms in total. The van der Waals surface area contributed by atoms with Crippen molar-refractivity contribution in [1.29, 1.82) is 0 Å². The van der Waals surface area contributed by atoms with Crippen LogP contribution in [0, 0.1) is 6.42 Å².